The van der Waals surface area contributed by atoms with Gasteiger partial charge in [-0.05, 0) is 49.2 Å². The highest BCUT2D eigenvalue weighted by molar-refractivity contribution is 6.06. The molecule has 38 heavy (non-hydrogen) atoms. The molecule has 3 N–H and O–H groups in total. The Kier molecular flexibility index (Phi) is 5.23. The molecule has 0 saturated heterocycles. The zero-order valence-corrected chi connectivity index (χ0v) is 20.4. The molecule has 0 bridgehead atoms. The second-order valence-corrected chi connectivity index (χ2v) is 9.67. The van der Waals surface area contributed by atoms with Gasteiger partial charge < -0.3 is 11.1 Å². The van der Waals surface area contributed by atoms with Crippen LogP contribution in [0.3, 0.4) is 0 Å². The maximum atomic E-state index is 14.6. The van der Waals surface area contributed by atoms with Gasteiger partial charge in [0.1, 0.15) is 17.5 Å². The molecule has 7 nitrogen and oxygen atoms in total. The summed E-state index contributed by atoms with van der Waals surface area (Å²) >= 11 is 0. The van der Waals surface area contributed by atoms with Crippen LogP contribution in [0, 0.1) is 17.5 Å². The summed E-state index contributed by atoms with van der Waals surface area (Å²) in [7, 11) is 0. The van der Waals surface area contributed by atoms with Crippen molar-refractivity contribution >= 4 is 28.4 Å². The third-order valence-electron chi connectivity index (χ3n) is 6.89. The molecule has 1 aliphatic heterocycles. The number of halogens is 3. The van der Waals surface area contributed by atoms with Crippen LogP contribution >= 0.6 is 0 Å². The van der Waals surface area contributed by atoms with Gasteiger partial charge in [-0.15, -0.1) is 0 Å². The SMILES string of the molecule is CC1(C)C(=O)Nc2nc(-n3nc(Cc4c(F)ccc(F)c4F)c4cc(-c5ccccc5)ccc43)nc(N)c21. The molecule has 2 aromatic heterocycles. The maximum absolute atomic E-state index is 14.6. The third-order valence-corrected chi connectivity index (χ3v) is 6.89. The number of aromatic nitrogens is 4. The van der Waals surface area contributed by atoms with Crippen LogP contribution in [-0.2, 0) is 16.6 Å². The lowest BCUT2D eigenvalue weighted by atomic mass is 9.87. The molecule has 10 heteroatoms. The van der Waals surface area contributed by atoms with Crippen molar-refractivity contribution < 1.29 is 18.0 Å². The number of nitrogens with two attached hydrogens (primary N) is 1. The van der Waals surface area contributed by atoms with Gasteiger partial charge in [0.15, 0.2) is 11.6 Å². The van der Waals surface area contributed by atoms with E-state index in [-0.39, 0.29) is 35.6 Å². The molecule has 0 unspecified atom stereocenters. The Labute approximate surface area is 215 Å². The highest BCUT2D eigenvalue weighted by atomic mass is 19.2. The van der Waals surface area contributed by atoms with Gasteiger partial charge >= 0.3 is 0 Å². The first-order chi connectivity index (χ1) is 18.1. The minimum atomic E-state index is -1.27. The predicted octanol–water partition coefficient (Wildman–Crippen LogP) is 5.30. The molecule has 6 rings (SSSR count). The van der Waals surface area contributed by atoms with E-state index in [0.717, 1.165) is 23.3 Å². The number of nitrogen functional groups attached to an aromatic ring is 1. The van der Waals surface area contributed by atoms with Crippen LogP contribution in [0.25, 0.3) is 28.0 Å². The van der Waals surface area contributed by atoms with Crippen molar-refractivity contribution in [1.29, 1.82) is 0 Å². The van der Waals surface area contributed by atoms with E-state index in [9.17, 15) is 18.0 Å². The lowest BCUT2D eigenvalue weighted by Crippen LogP contribution is -2.27. The van der Waals surface area contributed by atoms with Crippen LogP contribution in [0.15, 0.2) is 60.7 Å². The van der Waals surface area contributed by atoms with Gasteiger partial charge in [0.05, 0.1) is 22.2 Å². The number of rotatable bonds is 4. The maximum Gasteiger partial charge on any atom is 0.255 e. The number of hydrogen-bond donors (Lipinski definition) is 2. The monoisotopic (exact) mass is 514 g/mol. The summed E-state index contributed by atoms with van der Waals surface area (Å²) in [5, 5.41) is 7.90. The van der Waals surface area contributed by atoms with E-state index in [1.165, 1.54) is 4.68 Å². The Balaban J connectivity index is 1.56. The lowest BCUT2D eigenvalue weighted by molar-refractivity contribution is -0.119. The number of anilines is 2. The summed E-state index contributed by atoms with van der Waals surface area (Å²) < 4.78 is 44.6. The van der Waals surface area contributed by atoms with E-state index in [1.54, 1.807) is 19.9 Å². The molecule has 3 aromatic carbocycles. The first kappa shape index (κ1) is 23.7. The Morgan fingerprint density at radius 2 is 1.68 bits per heavy atom. The highest BCUT2D eigenvalue weighted by Crippen LogP contribution is 2.40. The van der Waals surface area contributed by atoms with Gasteiger partial charge in [-0.1, -0.05) is 36.4 Å². The molecule has 1 aliphatic rings. The third kappa shape index (κ3) is 3.60. The summed E-state index contributed by atoms with van der Waals surface area (Å²) in [5.74, 6) is -3.10. The summed E-state index contributed by atoms with van der Waals surface area (Å²) in [4.78, 5) is 21.4. The zero-order valence-electron chi connectivity index (χ0n) is 20.4. The topological polar surface area (TPSA) is 98.7 Å². The Morgan fingerprint density at radius 3 is 2.45 bits per heavy atom. The first-order valence-corrected chi connectivity index (χ1v) is 11.8. The van der Waals surface area contributed by atoms with Gasteiger partial charge in [0.2, 0.25) is 5.91 Å². The summed E-state index contributed by atoms with van der Waals surface area (Å²) in [6.45, 7) is 3.45. The van der Waals surface area contributed by atoms with Crippen LogP contribution in [-0.4, -0.2) is 25.7 Å². The quantitative estimate of drug-likeness (QED) is 0.317. The van der Waals surface area contributed by atoms with Gasteiger partial charge in [-0.3, -0.25) is 4.79 Å². The molecule has 0 fully saturated rings. The fourth-order valence-corrected chi connectivity index (χ4v) is 4.82. The predicted molar refractivity (Wildman–Crippen MR) is 137 cm³/mol. The van der Waals surface area contributed by atoms with E-state index in [4.69, 9.17) is 5.73 Å². The van der Waals surface area contributed by atoms with Crippen molar-refractivity contribution in [2.24, 2.45) is 0 Å². The van der Waals surface area contributed by atoms with E-state index in [2.05, 4.69) is 20.4 Å². The normalized spacial score (nSPS) is 14.1. The first-order valence-electron chi connectivity index (χ1n) is 11.8. The summed E-state index contributed by atoms with van der Waals surface area (Å²) in [6, 6.07) is 16.7. The number of carbonyl (C=O) groups is 1. The van der Waals surface area contributed by atoms with Gasteiger partial charge in [-0.25, -0.2) is 13.2 Å². The second kappa shape index (κ2) is 8.41. The van der Waals surface area contributed by atoms with Crippen LogP contribution in [0.5, 0.6) is 0 Å². The highest BCUT2D eigenvalue weighted by Gasteiger charge is 2.42. The van der Waals surface area contributed by atoms with Crippen molar-refractivity contribution in [2.75, 3.05) is 11.1 Å². The standard InChI is InChI=1S/C28H21F3N6O/c1-28(2)22-24(32)33-27(35-25(22)34-26(28)38)37-21-11-8-15(14-6-4-3-5-7-14)12-17(21)20(36-37)13-16-18(29)9-10-19(30)23(16)31/h3-12H,13H2,1-2H3,(H3,32,33,34,35,38). The largest absolute Gasteiger partial charge is 0.383 e. The van der Waals surface area contributed by atoms with Crippen LogP contribution < -0.4 is 11.1 Å². The van der Waals surface area contributed by atoms with Crippen LogP contribution in [0.1, 0.15) is 30.7 Å². The lowest BCUT2D eigenvalue weighted by Gasteiger charge is -2.16. The molecule has 0 radical (unpaired) electrons. The molecule has 5 aromatic rings. The number of hydrogen-bond acceptors (Lipinski definition) is 5. The van der Waals surface area contributed by atoms with Gasteiger partial charge in [0.25, 0.3) is 5.95 Å². The minimum absolute atomic E-state index is 0.0724. The molecule has 1 amide bonds. The van der Waals surface area contributed by atoms with Crippen molar-refractivity contribution in [3.63, 3.8) is 0 Å². The number of amides is 1. The number of nitrogens with zero attached hydrogens (tertiary/aromatic N) is 4. The number of carbonyl (C=O) groups excluding carboxylic acids is 1. The van der Waals surface area contributed by atoms with Crippen molar-refractivity contribution in [1.82, 2.24) is 19.7 Å². The molecule has 0 spiro atoms. The summed E-state index contributed by atoms with van der Waals surface area (Å²) in [5.41, 5.74) is 7.99. The number of benzene rings is 3. The molecular formula is C28H21F3N6O. The Morgan fingerprint density at radius 1 is 0.947 bits per heavy atom. The van der Waals surface area contributed by atoms with Crippen molar-refractivity contribution in [3.05, 3.63) is 94.9 Å². The van der Waals surface area contributed by atoms with Crippen LogP contribution in [0.2, 0.25) is 0 Å². The van der Waals surface area contributed by atoms with Crippen LogP contribution in [0.4, 0.5) is 24.8 Å². The average molecular weight is 515 g/mol. The fraction of sp³-hybridized carbons (Fsp3) is 0.143. The van der Waals surface area contributed by atoms with E-state index < -0.39 is 28.4 Å². The van der Waals surface area contributed by atoms with E-state index in [1.807, 2.05) is 42.5 Å². The number of fused-ring (bicyclic) bond motifs is 2. The minimum Gasteiger partial charge on any atom is -0.383 e. The molecule has 3 heterocycles. The van der Waals surface area contributed by atoms with Gasteiger partial charge in [-0.2, -0.15) is 19.7 Å². The fourth-order valence-electron chi connectivity index (χ4n) is 4.82. The summed E-state index contributed by atoms with van der Waals surface area (Å²) in [6.07, 6.45) is -0.318. The van der Waals surface area contributed by atoms with Crippen molar-refractivity contribution in [3.8, 4) is 17.1 Å². The molecule has 0 atom stereocenters. The van der Waals surface area contributed by atoms with Gasteiger partial charge in [0, 0.05) is 17.4 Å². The molecular weight excluding hydrogens is 493 g/mol. The smallest absolute Gasteiger partial charge is 0.255 e. The molecule has 0 saturated carbocycles. The number of nitrogens with one attached hydrogen (secondary N) is 1. The molecule has 0 aliphatic carbocycles. The second-order valence-electron chi connectivity index (χ2n) is 9.67. The van der Waals surface area contributed by atoms with E-state index >= 15 is 0 Å². The Hall–Kier alpha value is -4.73. The van der Waals surface area contributed by atoms with Crippen molar-refractivity contribution in [2.45, 2.75) is 25.7 Å². The molecule has 190 valence electrons. The Bertz CT molecular complexity index is 1760. The van der Waals surface area contributed by atoms with E-state index in [0.29, 0.717) is 16.5 Å². The zero-order chi connectivity index (χ0) is 26.8. The average Bonchev–Trinajstić information content (AvgIpc) is 3.37.